The number of hydrogen-bond donors (Lipinski definition) is 3. The summed E-state index contributed by atoms with van der Waals surface area (Å²) in [6, 6.07) is 8.09. The van der Waals surface area contributed by atoms with E-state index in [1.54, 1.807) is 44.2 Å². The zero-order chi connectivity index (χ0) is 21.0. The predicted octanol–water partition coefficient (Wildman–Crippen LogP) is 2.72. The van der Waals surface area contributed by atoms with Crippen LogP contribution in [0.15, 0.2) is 34.9 Å². The number of carbonyl (C=O) groups is 3. The number of benzene rings is 1. The molecule has 9 heteroatoms. The Morgan fingerprint density at radius 1 is 1.27 bits per heavy atom. The largest absolute Gasteiger partial charge is 0.336 e. The van der Waals surface area contributed by atoms with Crippen LogP contribution in [-0.4, -0.2) is 28.0 Å². The van der Waals surface area contributed by atoms with Crippen molar-refractivity contribution < 1.29 is 18.9 Å². The van der Waals surface area contributed by atoms with E-state index in [0.717, 1.165) is 18.5 Å². The number of fused-ring (bicyclic) bond motifs is 1. The van der Waals surface area contributed by atoms with Gasteiger partial charge in [-0.15, -0.1) is 0 Å². The van der Waals surface area contributed by atoms with Gasteiger partial charge in [0, 0.05) is 17.3 Å². The Morgan fingerprint density at radius 3 is 2.77 bits per heavy atom. The number of nitrogens with zero attached hydrogens (tertiary/aromatic N) is 2. The molecule has 1 aliphatic carbocycles. The number of rotatable bonds is 4. The number of nitrogens with one attached hydrogen (secondary N) is 3. The minimum Gasteiger partial charge on any atom is -0.336 e. The molecule has 1 aliphatic heterocycles. The Hall–Kier alpha value is -3.75. The van der Waals surface area contributed by atoms with E-state index in [0.29, 0.717) is 39.5 Å². The van der Waals surface area contributed by atoms with Gasteiger partial charge in [-0.25, -0.2) is 9.78 Å². The molecular formula is C21H19N5O4. The van der Waals surface area contributed by atoms with Gasteiger partial charge in [-0.2, -0.15) is 0 Å². The molecule has 4 amide bonds. The number of aromatic nitrogens is 2. The molecule has 1 saturated carbocycles. The number of aryl methyl sites for hydroxylation is 1. The second-order valence-electron chi connectivity index (χ2n) is 7.89. The normalized spacial score (nSPS) is 20.9. The molecule has 0 spiro atoms. The molecule has 9 nitrogen and oxygen atoms in total. The third-order valence-electron chi connectivity index (χ3n) is 5.62. The SMILES string of the molecule is Cc1noc2nc(C3CC3)cc(C(=O)Nc3cccc(C4(C)NC(=O)NC4=O)c3)c12. The Labute approximate surface area is 171 Å². The smallest absolute Gasteiger partial charge is 0.322 e. The highest BCUT2D eigenvalue weighted by Crippen LogP contribution is 2.40. The second-order valence-corrected chi connectivity index (χ2v) is 7.89. The zero-order valence-electron chi connectivity index (χ0n) is 16.4. The van der Waals surface area contributed by atoms with Crippen molar-refractivity contribution in [1.82, 2.24) is 20.8 Å². The molecule has 2 aliphatic rings. The maximum absolute atomic E-state index is 13.1. The quantitative estimate of drug-likeness (QED) is 0.573. The van der Waals surface area contributed by atoms with Gasteiger partial charge in [0.25, 0.3) is 17.5 Å². The van der Waals surface area contributed by atoms with Crippen molar-refractivity contribution in [3.8, 4) is 0 Å². The van der Waals surface area contributed by atoms with Crippen LogP contribution in [-0.2, 0) is 10.3 Å². The Kier molecular flexibility index (Phi) is 3.89. The van der Waals surface area contributed by atoms with Crippen LogP contribution >= 0.6 is 0 Å². The third-order valence-corrected chi connectivity index (χ3v) is 5.62. The van der Waals surface area contributed by atoms with Crippen molar-refractivity contribution in [2.75, 3.05) is 5.32 Å². The minimum atomic E-state index is -1.20. The summed E-state index contributed by atoms with van der Waals surface area (Å²) < 4.78 is 5.30. The van der Waals surface area contributed by atoms with Crippen molar-refractivity contribution in [2.45, 2.75) is 38.1 Å². The number of anilines is 1. The van der Waals surface area contributed by atoms with Gasteiger partial charge >= 0.3 is 6.03 Å². The van der Waals surface area contributed by atoms with Crippen molar-refractivity contribution in [1.29, 1.82) is 0 Å². The summed E-state index contributed by atoms with van der Waals surface area (Å²) in [5.41, 5.74) is 2.08. The summed E-state index contributed by atoms with van der Waals surface area (Å²) in [6.45, 7) is 3.38. The number of pyridine rings is 1. The lowest BCUT2D eigenvalue weighted by atomic mass is 9.92. The van der Waals surface area contributed by atoms with Gasteiger partial charge in [0.15, 0.2) is 0 Å². The Bertz CT molecular complexity index is 1230. The second kappa shape index (κ2) is 6.38. The maximum Gasteiger partial charge on any atom is 0.322 e. The van der Waals surface area contributed by atoms with Crippen LogP contribution in [0.4, 0.5) is 10.5 Å². The van der Waals surface area contributed by atoms with Crippen molar-refractivity contribution in [3.63, 3.8) is 0 Å². The number of imide groups is 1. The molecule has 30 heavy (non-hydrogen) atoms. The molecule has 3 heterocycles. The monoisotopic (exact) mass is 405 g/mol. The van der Waals surface area contributed by atoms with Crippen LogP contribution in [0.2, 0.25) is 0 Å². The summed E-state index contributed by atoms with van der Waals surface area (Å²) in [7, 11) is 0. The number of amides is 4. The molecule has 5 rings (SSSR count). The predicted molar refractivity (Wildman–Crippen MR) is 107 cm³/mol. The average Bonchev–Trinajstić information content (AvgIpc) is 3.45. The summed E-state index contributed by atoms with van der Waals surface area (Å²) in [6.07, 6.45) is 2.09. The van der Waals surface area contributed by atoms with Gasteiger partial charge in [-0.05, 0) is 50.5 Å². The summed E-state index contributed by atoms with van der Waals surface area (Å²) in [5.74, 6) is -0.419. The van der Waals surface area contributed by atoms with Gasteiger partial charge in [0.2, 0.25) is 0 Å². The first kappa shape index (κ1) is 18.3. The molecule has 0 radical (unpaired) electrons. The molecule has 0 bridgehead atoms. The topological polar surface area (TPSA) is 126 Å². The molecule has 3 aromatic rings. The lowest BCUT2D eigenvalue weighted by Crippen LogP contribution is -2.40. The van der Waals surface area contributed by atoms with Crippen LogP contribution in [0.3, 0.4) is 0 Å². The highest BCUT2D eigenvalue weighted by Gasteiger charge is 2.43. The first-order valence-electron chi connectivity index (χ1n) is 9.67. The van der Waals surface area contributed by atoms with E-state index >= 15 is 0 Å². The standard InChI is InChI=1S/C21H19N5O4/c1-10-16-14(9-15(11-6-7-11)23-18(16)30-26-10)17(27)22-13-5-3-4-12(8-13)21(2)19(28)24-20(29)25-21/h3-5,8-9,11H,6-7H2,1-2H3,(H,22,27)(H2,24,25,28,29). The molecule has 2 aromatic heterocycles. The fourth-order valence-electron chi connectivity index (χ4n) is 3.73. The van der Waals surface area contributed by atoms with Gasteiger partial charge in [-0.3, -0.25) is 14.9 Å². The molecular weight excluding hydrogens is 386 g/mol. The van der Waals surface area contributed by atoms with E-state index in [9.17, 15) is 14.4 Å². The van der Waals surface area contributed by atoms with Gasteiger partial charge < -0.3 is 15.2 Å². The van der Waals surface area contributed by atoms with E-state index in [-0.39, 0.29) is 5.91 Å². The van der Waals surface area contributed by atoms with Crippen LogP contribution in [0.5, 0.6) is 0 Å². The minimum absolute atomic E-state index is 0.321. The zero-order valence-corrected chi connectivity index (χ0v) is 16.4. The first-order valence-corrected chi connectivity index (χ1v) is 9.67. The van der Waals surface area contributed by atoms with E-state index in [2.05, 4.69) is 26.1 Å². The lowest BCUT2D eigenvalue weighted by molar-refractivity contribution is -0.123. The molecule has 1 aromatic carbocycles. The summed E-state index contributed by atoms with van der Waals surface area (Å²) in [5, 5.41) is 12.3. The van der Waals surface area contributed by atoms with Crippen molar-refractivity contribution in [2.24, 2.45) is 0 Å². The molecule has 1 unspecified atom stereocenters. The molecule has 2 fully saturated rings. The van der Waals surface area contributed by atoms with Crippen LogP contribution in [0.25, 0.3) is 11.1 Å². The Balaban J connectivity index is 1.49. The fourth-order valence-corrected chi connectivity index (χ4v) is 3.73. The van der Waals surface area contributed by atoms with Crippen LogP contribution < -0.4 is 16.0 Å². The van der Waals surface area contributed by atoms with E-state index in [1.165, 1.54) is 0 Å². The fraction of sp³-hybridized carbons (Fsp3) is 0.286. The molecule has 3 N–H and O–H groups in total. The molecule has 152 valence electrons. The number of hydrogen-bond acceptors (Lipinski definition) is 6. The molecule has 1 atom stereocenters. The van der Waals surface area contributed by atoms with Crippen LogP contribution in [0.1, 0.15) is 53.0 Å². The van der Waals surface area contributed by atoms with Crippen molar-refractivity contribution >= 4 is 34.6 Å². The summed E-state index contributed by atoms with van der Waals surface area (Å²) in [4.78, 5) is 41.4. The van der Waals surface area contributed by atoms with Gasteiger partial charge in [0.05, 0.1) is 16.6 Å². The average molecular weight is 405 g/mol. The van der Waals surface area contributed by atoms with Crippen molar-refractivity contribution in [3.05, 3.63) is 52.8 Å². The van der Waals surface area contributed by atoms with Gasteiger partial charge in [-0.1, -0.05) is 17.3 Å². The summed E-state index contributed by atoms with van der Waals surface area (Å²) >= 11 is 0. The lowest BCUT2D eigenvalue weighted by Gasteiger charge is -2.21. The first-order chi connectivity index (χ1) is 14.3. The highest BCUT2D eigenvalue weighted by molar-refractivity contribution is 6.12. The maximum atomic E-state index is 13.1. The number of urea groups is 1. The van der Waals surface area contributed by atoms with Gasteiger partial charge in [0.1, 0.15) is 5.54 Å². The molecule has 1 saturated heterocycles. The van der Waals surface area contributed by atoms with E-state index in [4.69, 9.17) is 4.52 Å². The third kappa shape index (κ3) is 2.90. The number of carbonyl (C=O) groups excluding carboxylic acids is 3. The Morgan fingerprint density at radius 2 is 2.07 bits per heavy atom. The van der Waals surface area contributed by atoms with E-state index in [1.807, 2.05) is 0 Å². The highest BCUT2D eigenvalue weighted by atomic mass is 16.5. The van der Waals surface area contributed by atoms with Crippen LogP contribution in [0, 0.1) is 6.92 Å². The van der Waals surface area contributed by atoms with E-state index < -0.39 is 17.5 Å².